The second kappa shape index (κ2) is 7.27. The second-order valence-corrected chi connectivity index (χ2v) is 10.2. The fourth-order valence-electron chi connectivity index (χ4n) is 3.47. The Balaban J connectivity index is 1.66. The first-order chi connectivity index (χ1) is 13.4. The molecule has 1 aromatic heterocycles. The summed E-state index contributed by atoms with van der Waals surface area (Å²) >= 11 is 1.61. The molecule has 1 amide bonds. The van der Waals surface area contributed by atoms with E-state index >= 15 is 0 Å². The fourth-order valence-corrected chi connectivity index (χ4v) is 5.53. The lowest BCUT2D eigenvalue weighted by Crippen LogP contribution is -2.31. The highest BCUT2D eigenvalue weighted by molar-refractivity contribution is 7.89. The van der Waals surface area contributed by atoms with Gasteiger partial charge in [0.1, 0.15) is 5.01 Å². The Morgan fingerprint density at radius 1 is 1.18 bits per heavy atom. The number of benzene rings is 2. The summed E-state index contributed by atoms with van der Waals surface area (Å²) in [6, 6.07) is 14.2. The second-order valence-electron chi connectivity index (χ2n) is 6.99. The molecule has 0 bridgehead atoms. The van der Waals surface area contributed by atoms with Gasteiger partial charge in [-0.15, -0.1) is 11.3 Å². The Hall–Kier alpha value is -2.29. The van der Waals surface area contributed by atoms with Gasteiger partial charge < -0.3 is 4.90 Å². The molecule has 3 aromatic rings. The molecule has 8 heteroatoms. The van der Waals surface area contributed by atoms with Crippen molar-refractivity contribution < 1.29 is 13.2 Å². The summed E-state index contributed by atoms with van der Waals surface area (Å²) < 4.78 is 27.1. The van der Waals surface area contributed by atoms with Gasteiger partial charge >= 0.3 is 0 Å². The van der Waals surface area contributed by atoms with Gasteiger partial charge in [-0.05, 0) is 43.2 Å². The first-order valence-electron chi connectivity index (χ1n) is 9.07. The Bertz CT molecular complexity index is 1110. The molecule has 2 aromatic carbocycles. The first kappa shape index (κ1) is 19.0. The molecule has 0 aliphatic carbocycles. The Morgan fingerprint density at radius 3 is 2.71 bits per heavy atom. The van der Waals surface area contributed by atoms with Crippen LogP contribution in [0.5, 0.6) is 0 Å². The molecule has 1 fully saturated rings. The van der Waals surface area contributed by atoms with E-state index in [1.165, 1.54) is 26.2 Å². The van der Waals surface area contributed by atoms with E-state index in [-0.39, 0.29) is 16.8 Å². The van der Waals surface area contributed by atoms with Gasteiger partial charge in [0, 0.05) is 26.2 Å². The summed E-state index contributed by atoms with van der Waals surface area (Å²) in [4.78, 5) is 19.9. The number of hydrogen-bond acceptors (Lipinski definition) is 5. The zero-order chi connectivity index (χ0) is 19.9. The number of para-hydroxylation sites is 1. The number of amides is 1. The van der Waals surface area contributed by atoms with Gasteiger partial charge in [0.15, 0.2) is 0 Å². The molecule has 0 saturated carbocycles. The minimum absolute atomic E-state index is 0.0704. The third-order valence-electron chi connectivity index (χ3n) is 4.97. The number of likely N-dealkylation sites (tertiary alicyclic amines) is 1. The molecule has 0 spiro atoms. The monoisotopic (exact) mass is 415 g/mol. The molecule has 0 N–H and O–H groups in total. The molecule has 146 valence electrons. The van der Waals surface area contributed by atoms with Crippen LogP contribution in [0.25, 0.3) is 10.2 Å². The summed E-state index contributed by atoms with van der Waals surface area (Å²) in [5.41, 5.74) is 1.33. The number of sulfonamides is 1. The van der Waals surface area contributed by atoms with E-state index in [0.29, 0.717) is 12.1 Å². The van der Waals surface area contributed by atoms with Crippen molar-refractivity contribution in [3.05, 3.63) is 59.1 Å². The van der Waals surface area contributed by atoms with Gasteiger partial charge in [0.2, 0.25) is 10.0 Å². The van der Waals surface area contributed by atoms with Crippen molar-refractivity contribution in [2.24, 2.45) is 0 Å². The molecule has 0 unspecified atom stereocenters. The number of thiazole rings is 1. The van der Waals surface area contributed by atoms with E-state index in [9.17, 15) is 13.2 Å². The number of carbonyl (C=O) groups excluding carboxylic acids is 1. The fraction of sp³-hybridized carbons (Fsp3) is 0.300. The number of aromatic nitrogens is 1. The molecule has 0 radical (unpaired) electrons. The van der Waals surface area contributed by atoms with Crippen molar-refractivity contribution in [2.45, 2.75) is 23.8 Å². The quantitative estimate of drug-likeness (QED) is 0.654. The predicted octanol–water partition coefficient (Wildman–Crippen LogP) is 3.52. The van der Waals surface area contributed by atoms with Crippen molar-refractivity contribution in [2.75, 3.05) is 20.6 Å². The maximum absolute atomic E-state index is 13.2. The maximum Gasteiger partial charge on any atom is 0.254 e. The Kier molecular flexibility index (Phi) is 4.95. The smallest absolute Gasteiger partial charge is 0.254 e. The summed E-state index contributed by atoms with van der Waals surface area (Å²) in [6.45, 7) is 0.643. The van der Waals surface area contributed by atoms with Gasteiger partial charge in [0.05, 0.1) is 21.2 Å². The highest BCUT2D eigenvalue weighted by atomic mass is 32.2. The lowest BCUT2D eigenvalue weighted by atomic mass is 10.1. The molecule has 28 heavy (non-hydrogen) atoms. The highest BCUT2D eigenvalue weighted by Crippen LogP contribution is 2.37. The lowest BCUT2D eigenvalue weighted by molar-refractivity contribution is 0.0735. The van der Waals surface area contributed by atoms with Gasteiger partial charge in [-0.25, -0.2) is 17.7 Å². The van der Waals surface area contributed by atoms with Crippen molar-refractivity contribution in [3.63, 3.8) is 0 Å². The molecule has 1 aliphatic heterocycles. The van der Waals surface area contributed by atoms with Crippen LogP contribution in [0, 0.1) is 0 Å². The van der Waals surface area contributed by atoms with Crippen LogP contribution in [0.1, 0.15) is 34.2 Å². The van der Waals surface area contributed by atoms with E-state index < -0.39 is 10.0 Å². The molecule has 1 saturated heterocycles. The van der Waals surface area contributed by atoms with Gasteiger partial charge in [-0.2, -0.15) is 0 Å². The Labute approximate surface area is 168 Å². The van der Waals surface area contributed by atoms with Crippen molar-refractivity contribution in [3.8, 4) is 0 Å². The van der Waals surface area contributed by atoms with E-state index in [1.807, 2.05) is 29.2 Å². The van der Waals surface area contributed by atoms with E-state index in [0.717, 1.165) is 32.4 Å². The zero-order valence-corrected chi connectivity index (χ0v) is 17.3. The number of hydrogen-bond donors (Lipinski definition) is 0. The molecule has 6 nitrogen and oxygen atoms in total. The Morgan fingerprint density at radius 2 is 1.96 bits per heavy atom. The lowest BCUT2D eigenvalue weighted by Gasteiger charge is -2.23. The first-order valence-corrected chi connectivity index (χ1v) is 11.3. The SMILES string of the molecule is CN(C)S(=O)(=O)c1cccc(C(=O)N2CCC[C@@H]2c2nc3ccccc3s2)c1. The summed E-state index contributed by atoms with van der Waals surface area (Å²) in [5.74, 6) is -0.155. The van der Waals surface area contributed by atoms with Crippen molar-refractivity contribution in [1.82, 2.24) is 14.2 Å². The van der Waals surface area contributed by atoms with Crippen molar-refractivity contribution >= 4 is 37.5 Å². The summed E-state index contributed by atoms with van der Waals surface area (Å²) in [6.07, 6.45) is 1.77. The predicted molar refractivity (Wildman–Crippen MR) is 110 cm³/mol. The normalized spacial score (nSPS) is 17.5. The van der Waals surface area contributed by atoms with Crippen LogP contribution in [-0.4, -0.2) is 49.2 Å². The molecule has 1 aliphatic rings. The van der Waals surface area contributed by atoms with Gasteiger partial charge in [-0.1, -0.05) is 18.2 Å². The van der Waals surface area contributed by atoms with Crippen LogP contribution < -0.4 is 0 Å². The molecule has 2 heterocycles. The average molecular weight is 416 g/mol. The van der Waals surface area contributed by atoms with Crippen LogP contribution in [-0.2, 0) is 10.0 Å². The van der Waals surface area contributed by atoms with E-state index in [2.05, 4.69) is 0 Å². The van der Waals surface area contributed by atoms with E-state index in [4.69, 9.17) is 4.98 Å². The van der Waals surface area contributed by atoms with E-state index in [1.54, 1.807) is 23.5 Å². The third-order valence-corrected chi connectivity index (χ3v) is 7.92. The maximum atomic E-state index is 13.2. The third kappa shape index (κ3) is 3.32. The van der Waals surface area contributed by atoms with Gasteiger partial charge in [-0.3, -0.25) is 4.79 Å². The minimum Gasteiger partial charge on any atom is -0.329 e. The van der Waals surface area contributed by atoms with Crippen LogP contribution in [0.4, 0.5) is 0 Å². The minimum atomic E-state index is -3.59. The van der Waals surface area contributed by atoms with Crippen LogP contribution in [0.3, 0.4) is 0 Å². The number of carbonyl (C=O) groups is 1. The number of rotatable bonds is 4. The summed E-state index contributed by atoms with van der Waals surface area (Å²) in [5, 5.41) is 0.934. The summed E-state index contributed by atoms with van der Waals surface area (Å²) in [7, 11) is -0.628. The van der Waals surface area contributed by atoms with Crippen LogP contribution in [0.15, 0.2) is 53.4 Å². The molecule has 1 atom stereocenters. The zero-order valence-electron chi connectivity index (χ0n) is 15.7. The number of fused-ring (bicyclic) bond motifs is 1. The highest BCUT2D eigenvalue weighted by Gasteiger charge is 2.33. The number of nitrogens with zero attached hydrogens (tertiary/aromatic N) is 3. The molecular formula is C20H21N3O3S2. The standard InChI is InChI=1S/C20H21N3O3S2/c1-22(2)28(25,26)15-8-5-7-14(13-15)20(24)23-12-6-10-17(23)19-21-16-9-3-4-11-18(16)27-19/h3-5,7-9,11,13,17H,6,10,12H2,1-2H3/t17-/m1/s1. The molecule has 4 rings (SSSR count). The van der Waals surface area contributed by atoms with Crippen molar-refractivity contribution in [1.29, 1.82) is 0 Å². The van der Waals surface area contributed by atoms with Gasteiger partial charge in [0.25, 0.3) is 5.91 Å². The van der Waals surface area contributed by atoms with Crippen LogP contribution >= 0.6 is 11.3 Å². The van der Waals surface area contributed by atoms with Crippen LogP contribution in [0.2, 0.25) is 0 Å². The molecular weight excluding hydrogens is 394 g/mol. The average Bonchev–Trinajstić information content (AvgIpc) is 3.33. The largest absolute Gasteiger partial charge is 0.329 e. The topological polar surface area (TPSA) is 70.6 Å².